The van der Waals surface area contributed by atoms with Crippen molar-refractivity contribution in [2.45, 2.75) is 6.92 Å². The number of hydrogen-bond acceptors (Lipinski definition) is 5. The maximum absolute atomic E-state index is 13.0. The lowest BCUT2D eigenvalue weighted by Crippen LogP contribution is -2.05. The summed E-state index contributed by atoms with van der Waals surface area (Å²) in [4.78, 5) is 13.0. The minimum Gasteiger partial charge on any atom is -0.506 e. The van der Waals surface area contributed by atoms with Gasteiger partial charge < -0.3 is 19.4 Å². The lowest BCUT2D eigenvalue weighted by molar-refractivity contribution is 0.414. The largest absolute Gasteiger partial charge is 0.506 e. The van der Waals surface area contributed by atoms with E-state index in [0.29, 0.717) is 33.1 Å². The monoisotopic (exact) mass is 322 g/mol. The molecule has 1 heterocycles. The second kappa shape index (κ2) is 4.89. The van der Waals surface area contributed by atoms with Crippen molar-refractivity contribution in [3.63, 3.8) is 0 Å². The first-order valence-electron chi connectivity index (χ1n) is 7.40. The maximum Gasteiger partial charge on any atom is 0.204 e. The highest BCUT2D eigenvalue weighted by Crippen LogP contribution is 2.41. The van der Waals surface area contributed by atoms with Crippen LogP contribution in [0.4, 0.5) is 0 Å². The quantitative estimate of drug-likeness (QED) is 0.411. The lowest BCUT2D eigenvalue weighted by Gasteiger charge is -2.11. The van der Waals surface area contributed by atoms with Crippen molar-refractivity contribution < 1.29 is 19.4 Å². The Morgan fingerprint density at radius 1 is 1.00 bits per heavy atom. The topological polar surface area (TPSA) is 79.9 Å². The molecule has 4 aromatic rings. The van der Waals surface area contributed by atoms with Gasteiger partial charge in [-0.2, -0.15) is 0 Å². The van der Waals surface area contributed by atoms with Crippen molar-refractivity contribution in [1.29, 1.82) is 0 Å². The number of benzene rings is 3. The number of rotatable bonds is 1. The fourth-order valence-electron chi connectivity index (χ4n) is 3.14. The van der Waals surface area contributed by atoms with Crippen molar-refractivity contribution >= 4 is 32.7 Å². The normalized spacial score (nSPS) is 11.4. The second-order valence-corrected chi connectivity index (χ2v) is 5.70. The zero-order chi connectivity index (χ0) is 17.0. The molecule has 0 atom stereocenters. The zero-order valence-corrected chi connectivity index (χ0v) is 13.1. The Morgan fingerprint density at radius 3 is 2.33 bits per heavy atom. The van der Waals surface area contributed by atoms with Crippen LogP contribution in [0.15, 0.2) is 45.6 Å². The van der Waals surface area contributed by atoms with Gasteiger partial charge in [-0.15, -0.1) is 0 Å². The van der Waals surface area contributed by atoms with Gasteiger partial charge in [0, 0.05) is 16.8 Å². The van der Waals surface area contributed by atoms with Gasteiger partial charge >= 0.3 is 0 Å². The molecule has 0 saturated heterocycles. The Balaban J connectivity index is 2.33. The van der Waals surface area contributed by atoms with Crippen molar-refractivity contribution in [3.05, 3.63) is 52.2 Å². The van der Waals surface area contributed by atoms with E-state index >= 15 is 0 Å². The smallest absolute Gasteiger partial charge is 0.204 e. The summed E-state index contributed by atoms with van der Waals surface area (Å²) in [6.45, 7) is 1.77. The van der Waals surface area contributed by atoms with E-state index in [4.69, 9.17) is 9.15 Å². The molecule has 0 saturated carbocycles. The molecule has 5 heteroatoms. The molecule has 0 bridgehead atoms. The highest BCUT2D eigenvalue weighted by Gasteiger charge is 2.20. The van der Waals surface area contributed by atoms with Gasteiger partial charge in [0.15, 0.2) is 11.3 Å². The molecule has 0 fully saturated rings. The first-order chi connectivity index (χ1) is 11.5. The van der Waals surface area contributed by atoms with E-state index < -0.39 is 0 Å². The summed E-state index contributed by atoms with van der Waals surface area (Å²) in [5, 5.41) is 22.3. The third-order valence-corrected chi connectivity index (χ3v) is 4.29. The number of aromatic hydroxyl groups is 2. The molecule has 24 heavy (non-hydrogen) atoms. The Labute approximate surface area is 136 Å². The molecule has 4 rings (SSSR count). The minimum atomic E-state index is -0.384. The summed E-state index contributed by atoms with van der Waals surface area (Å²) >= 11 is 0. The number of ether oxygens (including phenoxy) is 1. The number of phenolic OH excluding ortho intramolecular Hbond substituents is 2. The Hall–Kier alpha value is -3.21. The fourth-order valence-corrected chi connectivity index (χ4v) is 3.14. The molecular formula is C19H14O5. The number of fused-ring (bicyclic) bond motifs is 3. The third kappa shape index (κ3) is 1.78. The fraction of sp³-hybridized carbons (Fsp3) is 0.105. The van der Waals surface area contributed by atoms with Crippen LogP contribution >= 0.6 is 0 Å². The van der Waals surface area contributed by atoms with Gasteiger partial charge in [0.2, 0.25) is 5.43 Å². The third-order valence-electron chi connectivity index (χ3n) is 4.29. The summed E-state index contributed by atoms with van der Waals surface area (Å²) in [5.74, 6) is 0.189. The molecule has 0 spiro atoms. The summed E-state index contributed by atoms with van der Waals surface area (Å²) in [6, 6.07) is 10.1. The first-order valence-corrected chi connectivity index (χ1v) is 7.40. The van der Waals surface area contributed by atoms with Crippen molar-refractivity contribution in [3.8, 4) is 17.2 Å². The number of hydrogen-bond donors (Lipinski definition) is 2. The summed E-state index contributed by atoms with van der Waals surface area (Å²) in [5.41, 5.74) is 0.558. The van der Waals surface area contributed by atoms with Gasteiger partial charge in [-0.3, -0.25) is 4.79 Å². The predicted molar refractivity (Wildman–Crippen MR) is 92.1 cm³/mol. The molecular weight excluding hydrogens is 308 g/mol. The summed E-state index contributed by atoms with van der Waals surface area (Å²) in [7, 11) is 1.52. The van der Waals surface area contributed by atoms with Crippen LogP contribution in [-0.2, 0) is 0 Å². The molecule has 0 aliphatic heterocycles. The van der Waals surface area contributed by atoms with E-state index in [-0.39, 0.29) is 27.9 Å². The Bertz CT molecular complexity index is 1190. The number of aryl methyl sites for hydroxylation is 1. The van der Waals surface area contributed by atoms with E-state index in [9.17, 15) is 15.0 Å². The van der Waals surface area contributed by atoms with Crippen LogP contribution in [0.3, 0.4) is 0 Å². The maximum atomic E-state index is 13.0. The molecule has 120 valence electrons. The molecule has 1 aromatic heterocycles. The molecule has 0 amide bonds. The molecule has 0 radical (unpaired) electrons. The first kappa shape index (κ1) is 14.4. The van der Waals surface area contributed by atoms with E-state index in [1.165, 1.54) is 7.11 Å². The van der Waals surface area contributed by atoms with Crippen LogP contribution in [0.1, 0.15) is 5.56 Å². The van der Waals surface area contributed by atoms with Gasteiger partial charge in [-0.05, 0) is 18.6 Å². The van der Waals surface area contributed by atoms with E-state index in [1.54, 1.807) is 43.3 Å². The average Bonchev–Trinajstić information content (AvgIpc) is 2.58. The van der Waals surface area contributed by atoms with Gasteiger partial charge in [0.1, 0.15) is 22.5 Å². The minimum absolute atomic E-state index is 0.0213. The molecule has 2 N–H and O–H groups in total. The van der Waals surface area contributed by atoms with Crippen LogP contribution < -0.4 is 10.2 Å². The summed E-state index contributed by atoms with van der Waals surface area (Å²) < 4.78 is 11.0. The second-order valence-electron chi connectivity index (χ2n) is 5.70. The highest BCUT2D eigenvalue weighted by molar-refractivity contribution is 6.10. The van der Waals surface area contributed by atoms with E-state index in [2.05, 4.69) is 0 Å². The Morgan fingerprint density at radius 2 is 1.67 bits per heavy atom. The van der Waals surface area contributed by atoms with Gasteiger partial charge in [-0.25, -0.2) is 0 Å². The Kier molecular flexibility index (Phi) is 2.93. The van der Waals surface area contributed by atoms with Crippen LogP contribution in [-0.4, -0.2) is 17.3 Å². The van der Waals surface area contributed by atoms with Gasteiger partial charge in [0.25, 0.3) is 0 Å². The summed E-state index contributed by atoms with van der Waals surface area (Å²) in [6.07, 6.45) is 0. The van der Waals surface area contributed by atoms with Gasteiger partial charge in [0.05, 0.1) is 12.5 Å². The highest BCUT2D eigenvalue weighted by atomic mass is 16.5. The number of phenols is 2. The van der Waals surface area contributed by atoms with E-state index in [0.717, 1.165) is 0 Å². The van der Waals surface area contributed by atoms with Crippen molar-refractivity contribution in [2.75, 3.05) is 7.11 Å². The standard InChI is InChI=1S/C19H14O5/c1-9-7-10(23-2)8-13-14(9)18(22)15-16(20)11-5-3-4-6-12(11)17(21)19(15)24-13/h3-8,20-21H,1-2H3. The van der Waals surface area contributed by atoms with Crippen molar-refractivity contribution in [2.24, 2.45) is 0 Å². The van der Waals surface area contributed by atoms with Crippen molar-refractivity contribution in [1.82, 2.24) is 0 Å². The lowest BCUT2D eigenvalue weighted by atomic mass is 10.0. The van der Waals surface area contributed by atoms with Crippen LogP contribution in [0.2, 0.25) is 0 Å². The van der Waals surface area contributed by atoms with Gasteiger partial charge in [-0.1, -0.05) is 24.3 Å². The number of methoxy groups -OCH3 is 1. The van der Waals surface area contributed by atoms with Crippen LogP contribution in [0.25, 0.3) is 32.7 Å². The molecule has 0 unspecified atom stereocenters. The van der Waals surface area contributed by atoms with Crippen LogP contribution in [0.5, 0.6) is 17.2 Å². The molecule has 0 aliphatic carbocycles. The SMILES string of the molecule is COc1cc(C)c2c(=O)c3c(O)c4ccccc4c(O)c3oc2c1. The molecule has 0 aliphatic rings. The predicted octanol–water partition coefficient (Wildman–Crippen LogP) is 3.83. The average molecular weight is 322 g/mol. The van der Waals surface area contributed by atoms with Crippen LogP contribution in [0, 0.1) is 6.92 Å². The zero-order valence-electron chi connectivity index (χ0n) is 13.1. The van der Waals surface area contributed by atoms with E-state index in [1.807, 2.05) is 0 Å². The molecule has 3 aromatic carbocycles. The molecule has 5 nitrogen and oxygen atoms in total.